The number of nitrogens with zero attached hydrogens (tertiary/aromatic N) is 4. The van der Waals surface area contributed by atoms with Gasteiger partial charge in [0.05, 0.1) is 26.1 Å². The second-order valence-electron chi connectivity index (χ2n) is 5.43. The highest BCUT2D eigenvalue weighted by Gasteiger charge is 2.17. The third kappa shape index (κ3) is 4.33. The molecule has 2 aromatic heterocycles. The number of thiophene rings is 1. The van der Waals surface area contributed by atoms with Crippen molar-refractivity contribution in [3.05, 3.63) is 71.8 Å². The molecule has 144 valence electrons. The normalized spacial score (nSPS) is 11.1. The molecule has 3 rings (SSSR count). The number of halogens is 3. The molecule has 0 aliphatic rings. The highest BCUT2D eigenvalue weighted by atomic mass is 35.5. The Balaban J connectivity index is 1.78. The zero-order chi connectivity index (χ0) is 20.4. The maximum Gasteiger partial charge on any atom is 0.324 e. The first-order chi connectivity index (χ1) is 13.3. The summed E-state index contributed by atoms with van der Waals surface area (Å²) in [6.07, 6.45) is 1.31. The number of rotatable bonds is 5. The molecule has 0 radical (unpaired) electrons. The Morgan fingerprint density at radius 2 is 1.96 bits per heavy atom. The number of carbonyl (C=O) groups excluding carboxylic acids is 1. The van der Waals surface area contributed by atoms with Gasteiger partial charge in [0.2, 0.25) is 0 Å². The smallest absolute Gasteiger partial charge is 0.265 e. The molecule has 0 aliphatic heterocycles. The molecule has 12 heteroatoms. The van der Waals surface area contributed by atoms with Crippen molar-refractivity contribution in [1.82, 2.24) is 15.2 Å². The molecule has 0 aliphatic carbocycles. The van der Waals surface area contributed by atoms with Crippen LogP contribution in [0.25, 0.3) is 5.69 Å². The molecule has 3 aromatic rings. The number of nitrogens with one attached hydrogen (secondary N) is 1. The summed E-state index contributed by atoms with van der Waals surface area (Å²) in [5.41, 5.74) is 3.43. The van der Waals surface area contributed by atoms with Crippen LogP contribution in [0.3, 0.4) is 0 Å². The number of carbonyl (C=O) groups is 1. The van der Waals surface area contributed by atoms with E-state index >= 15 is 0 Å². The zero-order valence-corrected chi connectivity index (χ0v) is 17.1. The van der Waals surface area contributed by atoms with E-state index in [0.29, 0.717) is 21.3 Å². The second kappa shape index (κ2) is 8.27. The number of amides is 1. The lowest BCUT2D eigenvalue weighted by Crippen LogP contribution is -2.18. The number of nitro groups is 1. The molecule has 0 saturated heterocycles. The van der Waals surface area contributed by atoms with E-state index in [0.717, 1.165) is 11.3 Å². The first kappa shape index (κ1) is 20.3. The molecule has 0 spiro atoms. The summed E-state index contributed by atoms with van der Waals surface area (Å²) in [6, 6.07) is 7.48. The fourth-order valence-corrected chi connectivity index (χ4v) is 3.94. The maximum atomic E-state index is 12.3. The largest absolute Gasteiger partial charge is 0.324 e. The molecule has 28 heavy (non-hydrogen) atoms. The van der Waals surface area contributed by atoms with E-state index in [9.17, 15) is 14.9 Å². The quantitative estimate of drug-likeness (QED) is 0.334. The van der Waals surface area contributed by atoms with Gasteiger partial charge in [-0.3, -0.25) is 14.9 Å². The highest BCUT2D eigenvalue weighted by molar-refractivity contribution is 7.16. The van der Waals surface area contributed by atoms with Crippen molar-refractivity contribution in [2.75, 3.05) is 0 Å². The second-order valence-corrected chi connectivity index (χ2v) is 7.78. The van der Waals surface area contributed by atoms with Gasteiger partial charge in [-0.15, -0.1) is 0 Å². The highest BCUT2D eigenvalue weighted by Crippen LogP contribution is 2.32. The third-order valence-corrected chi connectivity index (χ3v) is 5.23. The van der Waals surface area contributed by atoms with Gasteiger partial charge in [0.15, 0.2) is 5.69 Å². The standard InChI is InChI=1S/C16H10Cl3N5O3S/c1-8-4-13(22-23(8)15-11(18)5-9(17)6-12(15)19)16(25)21-20-7-10-2-3-14(28-10)24(26)27/h2-7H,1H3,(H,21,25). The van der Waals surface area contributed by atoms with Crippen LogP contribution < -0.4 is 5.43 Å². The summed E-state index contributed by atoms with van der Waals surface area (Å²) in [5.74, 6) is -0.564. The monoisotopic (exact) mass is 457 g/mol. The lowest BCUT2D eigenvalue weighted by atomic mass is 10.3. The number of hydrogen-bond acceptors (Lipinski definition) is 6. The van der Waals surface area contributed by atoms with Crippen molar-refractivity contribution in [3.63, 3.8) is 0 Å². The van der Waals surface area contributed by atoms with E-state index < -0.39 is 10.8 Å². The Morgan fingerprint density at radius 3 is 2.57 bits per heavy atom. The minimum Gasteiger partial charge on any atom is -0.265 e. The van der Waals surface area contributed by atoms with Crippen LogP contribution >= 0.6 is 46.1 Å². The van der Waals surface area contributed by atoms with E-state index in [1.165, 1.54) is 35.2 Å². The van der Waals surface area contributed by atoms with Crippen LogP contribution in [0.2, 0.25) is 15.1 Å². The molecule has 0 unspecified atom stereocenters. The molecule has 8 nitrogen and oxygen atoms in total. The molecule has 2 heterocycles. The van der Waals surface area contributed by atoms with Crippen LogP contribution in [0.1, 0.15) is 21.1 Å². The molecular weight excluding hydrogens is 449 g/mol. The van der Waals surface area contributed by atoms with Crippen LogP contribution in [0.4, 0.5) is 5.00 Å². The molecule has 0 fully saturated rings. The first-order valence-corrected chi connectivity index (χ1v) is 9.50. The van der Waals surface area contributed by atoms with Gasteiger partial charge in [0.1, 0.15) is 5.69 Å². The van der Waals surface area contributed by atoms with Gasteiger partial charge in [-0.1, -0.05) is 46.1 Å². The van der Waals surface area contributed by atoms with Crippen LogP contribution in [-0.4, -0.2) is 26.8 Å². The van der Waals surface area contributed by atoms with Gasteiger partial charge in [0, 0.05) is 16.8 Å². The number of aryl methyl sites for hydroxylation is 1. The van der Waals surface area contributed by atoms with Gasteiger partial charge in [0.25, 0.3) is 5.91 Å². The van der Waals surface area contributed by atoms with Crippen molar-refractivity contribution in [2.45, 2.75) is 6.92 Å². The van der Waals surface area contributed by atoms with Crippen LogP contribution in [-0.2, 0) is 0 Å². The summed E-state index contributed by atoms with van der Waals surface area (Å²) in [5, 5.41) is 19.6. The van der Waals surface area contributed by atoms with Crippen molar-refractivity contribution >= 4 is 63.3 Å². The molecule has 1 amide bonds. The van der Waals surface area contributed by atoms with E-state index in [-0.39, 0.29) is 20.7 Å². The molecule has 0 bridgehead atoms. The summed E-state index contributed by atoms with van der Waals surface area (Å²) >= 11 is 19.3. The summed E-state index contributed by atoms with van der Waals surface area (Å²) in [4.78, 5) is 23.0. The zero-order valence-electron chi connectivity index (χ0n) is 14.0. The number of hydrazone groups is 1. The van der Waals surface area contributed by atoms with Crippen LogP contribution in [0.5, 0.6) is 0 Å². The Morgan fingerprint density at radius 1 is 1.29 bits per heavy atom. The van der Waals surface area contributed by atoms with Gasteiger partial charge in [-0.25, -0.2) is 10.1 Å². The van der Waals surface area contributed by atoms with Gasteiger partial charge in [-0.05, 0) is 31.2 Å². The Hall–Kier alpha value is -2.46. The SMILES string of the molecule is Cc1cc(C(=O)NN=Cc2ccc([N+](=O)[O-])s2)nn1-c1c(Cl)cc(Cl)cc1Cl. The Labute approximate surface area is 177 Å². The minimum absolute atomic E-state index is 0.0149. The first-order valence-electron chi connectivity index (χ1n) is 7.55. The number of hydrogen-bond donors (Lipinski definition) is 1. The van der Waals surface area contributed by atoms with Crippen molar-refractivity contribution in [2.24, 2.45) is 5.10 Å². The Kier molecular flexibility index (Phi) is 5.99. The summed E-state index contributed by atoms with van der Waals surface area (Å²) < 4.78 is 1.43. The number of aromatic nitrogens is 2. The van der Waals surface area contributed by atoms with Gasteiger partial charge >= 0.3 is 5.00 Å². The predicted octanol–water partition coefficient (Wildman–Crippen LogP) is 4.87. The summed E-state index contributed by atoms with van der Waals surface area (Å²) in [7, 11) is 0. The lowest BCUT2D eigenvalue weighted by molar-refractivity contribution is -0.380. The number of benzene rings is 1. The van der Waals surface area contributed by atoms with E-state index in [2.05, 4.69) is 15.6 Å². The van der Waals surface area contributed by atoms with Crippen LogP contribution in [0, 0.1) is 17.0 Å². The predicted molar refractivity (Wildman–Crippen MR) is 109 cm³/mol. The van der Waals surface area contributed by atoms with Gasteiger partial charge < -0.3 is 0 Å². The average molecular weight is 459 g/mol. The average Bonchev–Trinajstić information content (AvgIpc) is 3.21. The van der Waals surface area contributed by atoms with E-state index in [4.69, 9.17) is 34.8 Å². The summed E-state index contributed by atoms with van der Waals surface area (Å²) in [6.45, 7) is 1.74. The van der Waals surface area contributed by atoms with Crippen molar-refractivity contribution in [3.8, 4) is 5.69 Å². The molecular formula is C16H10Cl3N5O3S. The fraction of sp³-hybridized carbons (Fsp3) is 0.0625. The molecule has 0 atom stereocenters. The van der Waals surface area contributed by atoms with E-state index in [1.54, 1.807) is 13.0 Å². The Bertz CT molecular complexity index is 1090. The topological polar surface area (TPSA) is 102 Å². The molecule has 1 N–H and O–H groups in total. The van der Waals surface area contributed by atoms with Crippen molar-refractivity contribution < 1.29 is 9.72 Å². The van der Waals surface area contributed by atoms with Gasteiger partial charge in [-0.2, -0.15) is 10.2 Å². The minimum atomic E-state index is -0.564. The maximum absolute atomic E-state index is 12.3. The lowest BCUT2D eigenvalue weighted by Gasteiger charge is -2.09. The van der Waals surface area contributed by atoms with E-state index in [1.807, 2.05) is 0 Å². The third-order valence-electron chi connectivity index (χ3n) is 3.46. The van der Waals surface area contributed by atoms with Crippen LogP contribution in [0.15, 0.2) is 35.4 Å². The fourth-order valence-electron chi connectivity index (χ4n) is 2.27. The molecule has 0 saturated carbocycles. The molecule has 1 aromatic carbocycles. The van der Waals surface area contributed by atoms with Crippen molar-refractivity contribution in [1.29, 1.82) is 0 Å².